The summed E-state index contributed by atoms with van der Waals surface area (Å²) in [6.45, 7) is 1.53. The molecule has 0 aliphatic heterocycles. The molecule has 21 heavy (non-hydrogen) atoms. The molecule has 1 heterocycles. The first-order valence-electron chi connectivity index (χ1n) is 6.45. The minimum Gasteiger partial charge on any atom is -0.480 e. The van der Waals surface area contributed by atoms with Gasteiger partial charge >= 0.3 is 5.97 Å². The summed E-state index contributed by atoms with van der Waals surface area (Å²) in [5.41, 5.74) is 0.377. The van der Waals surface area contributed by atoms with Crippen molar-refractivity contribution < 1.29 is 14.7 Å². The number of carbonyl (C=O) groups is 2. The Morgan fingerprint density at radius 1 is 1.38 bits per heavy atom. The zero-order chi connectivity index (χ0) is 15.4. The predicted molar refractivity (Wildman–Crippen MR) is 75.9 cm³/mol. The summed E-state index contributed by atoms with van der Waals surface area (Å²) in [7, 11) is 0. The summed E-state index contributed by atoms with van der Waals surface area (Å²) in [4.78, 5) is 38.5. The molecule has 7 nitrogen and oxygen atoms in total. The van der Waals surface area contributed by atoms with E-state index in [1.807, 2.05) is 0 Å². The average molecular weight is 289 g/mol. The number of carbonyl (C=O) groups excluding carboxylic acids is 1. The van der Waals surface area contributed by atoms with Gasteiger partial charge in [-0.1, -0.05) is 12.1 Å². The molecule has 0 saturated carbocycles. The van der Waals surface area contributed by atoms with Crippen LogP contribution in [0.5, 0.6) is 0 Å². The van der Waals surface area contributed by atoms with Crippen LogP contribution in [0.3, 0.4) is 0 Å². The van der Waals surface area contributed by atoms with Crippen molar-refractivity contribution in [2.75, 3.05) is 0 Å². The number of nitrogens with zero attached hydrogens (tertiary/aromatic N) is 2. The van der Waals surface area contributed by atoms with Crippen molar-refractivity contribution in [1.82, 2.24) is 14.9 Å². The smallest absolute Gasteiger partial charge is 0.325 e. The fourth-order valence-electron chi connectivity index (χ4n) is 1.86. The van der Waals surface area contributed by atoms with Gasteiger partial charge in [0, 0.05) is 13.0 Å². The Morgan fingerprint density at radius 3 is 2.81 bits per heavy atom. The highest BCUT2D eigenvalue weighted by molar-refractivity contribution is 5.83. The summed E-state index contributed by atoms with van der Waals surface area (Å²) in [6.07, 6.45) is 1.40. The van der Waals surface area contributed by atoms with Crippen molar-refractivity contribution in [1.29, 1.82) is 0 Å². The van der Waals surface area contributed by atoms with E-state index in [4.69, 9.17) is 5.11 Å². The van der Waals surface area contributed by atoms with Gasteiger partial charge in [-0.15, -0.1) is 0 Å². The molecule has 110 valence electrons. The summed E-state index contributed by atoms with van der Waals surface area (Å²) in [5.74, 6) is -1.53. The second-order valence-corrected chi connectivity index (χ2v) is 4.64. The van der Waals surface area contributed by atoms with Crippen molar-refractivity contribution in [2.45, 2.75) is 25.9 Å². The normalized spacial score (nSPS) is 12.0. The van der Waals surface area contributed by atoms with Crippen LogP contribution in [0.2, 0.25) is 0 Å². The van der Waals surface area contributed by atoms with E-state index < -0.39 is 17.9 Å². The van der Waals surface area contributed by atoms with Crippen molar-refractivity contribution in [3.8, 4) is 0 Å². The molecular weight excluding hydrogens is 274 g/mol. The molecule has 2 rings (SSSR count). The minimum absolute atomic E-state index is 0.0115. The number of benzene rings is 1. The standard InChI is InChI=1S/C14H15N3O4/c1-9(14(20)21)16-12(18)6-7-17-8-15-11-5-3-2-4-10(11)13(17)19/h2-5,8-9H,6-7H2,1H3,(H,16,18)(H,20,21). The third-order valence-electron chi connectivity index (χ3n) is 3.06. The number of rotatable bonds is 5. The lowest BCUT2D eigenvalue weighted by atomic mass is 10.2. The van der Waals surface area contributed by atoms with Crippen LogP contribution in [0.15, 0.2) is 35.4 Å². The highest BCUT2D eigenvalue weighted by atomic mass is 16.4. The van der Waals surface area contributed by atoms with Gasteiger partial charge in [-0.25, -0.2) is 4.98 Å². The average Bonchev–Trinajstić information content (AvgIpc) is 2.46. The number of aliphatic carboxylic acids is 1. The van der Waals surface area contributed by atoms with Crippen LogP contribution in [0.25, 0.3) is 10.9 Å². The number of amides is 1. The van der Waals surface area contributed by atoms with E-state index in [2.05, 4.69) is 10.3 Å². The van der Waals surface area contributed by atoms with Crippen molar-refractivity contribution in [3.63, 3.8) is 0 Å². The molecule has 0 bridgehead atoms. The summed E-state index contributed by atoms with van der Waals surface area (Å²) < 4.78 is 1.34. The van der Waals surface area contributed by atoms with Crippen LogP contribution in [-0.4, -0.2) is 32.6 Å². The first-order chi connectivity index (χ1) is 9.99. The van der Waals surface area contributed by atoms with E-state index >= 15 is 0 Å². The molecule has 0 spiro atoms. The number of hydrogen-bond donors (Lipinski definition) is 2. The van der Waals surface area contributed by atoms with Crippen molar-refractivity contribution in [2.24, 2.45) is 0 Å². The molecule has 0 fully saturated rings. The summed E-state index contributed by atoms with van der Waals surface area (Å²) in [5, 5.41) is 11.5. The zero-order valence-corrected chi connectivity index (χ0v) is 11.4. The maximum absolute atomic E-state index is 12.2. The van der Waals surface area contributed by atoms with Crippen molar-refractivity contribution >= 4 is 22.8 Å². The van der Waals surface area contributed by atoms with Gasteiger partial charge in [-0.05, 0) is 19.1 Å². The van der Waals surface area contributed by atoms with Gasteiger partial charge in [0.2, 0.25) is 5.91 Å². The Bertz CT molecular complexity index is 738. The first kappa shape index (κ1) is 14.7. The van der Waals surface area contributed by atoms with E-state index in [0.717, 1.165) is 0 Å². The molecule has 1 unspecified atom stereocenters. The summed E-state index contributed by atoms with van der Waals surface area (Å²) >= 11 is 0. The van der Waals surface area contributed by atoms with Gasteiger partial charge in [0.05, 0.1) is 17.2 Å². The summed E-state index contributed by atoms with van der Waals surface area (Å²) in [6, 6.07) is 6.00. The zero-order valence-electron chi connectivity index (χ0n) is 11.4. The Kier molecular flexibility index (Phi) is 4.32. The molecule has 1 atom stereocenters. The van der Waals surface area contributed by atoms with Crippen LogP contribution in [-0.2, 0) is 16.1 Å². The lowest BCUT2D eigenvalue weighted by molar-refractivity contribution is -0.141. The fraction of sp³-hybridized carbons (Fsp3) is 0.286. The second-order valence-electron chi connectivity index (χ2n) is 4.64. The van der Waals surface area contributed by atoms with E-state index in [-0.39, 0.29) is 18.5 Å². The molecule has 2 N–H and O–H groups in total. The minimum atomic E-state index is -1.10. The maximum Gasteiger partial charge on any atom is 0.325 e. The Hall–Kier alpha value is -2.70. The number of carboxylic acids is 1. The molecule has 2 aromatic rings. The molecule has 1 amide bonds. The molecule has 0 radical (unpaired) electrons. The van der Waals surface area contributed by atoms with E-state index in [9.17, 15) is 14.4 Å². The van der Waals surface area contributed by atoms with Crippen LogP contribution in [0, 0.1) is 0 Å². The van der Waals surface area contributed by atoms with Crippen LogP contribution in [0.1, 0.15) is 13.3 Å². The van der Waals surface area contributed by atoms with Crippen LogP contribution in [0.4, 0.5) is 0 Å². The molecule has 1 aromatic carbocycles. The Morgan fingerprint density at radius 2 is 2.10 bits per heavy atom. The molecule has 0 aliphatic rings. The van der Waals surface area contributed by atoms with Crippen molar-refractivity contribution in [3.05, 3.63) is 40.9 Å². The van der Waals surface area contributed by atoms with E-state index in [1.54, 1.807) is 24.3 Å². The Balaban J connectivity index is 2.07. The molecule has 0 aliphatic carbocycles. The van der Waals surface area contributed by atoms with E-state index in [0.29, 0.717) is 10.9 Å². The third-order valence-corrected chi connectivity index (χ3v) is 3.06. The topological polar surface area (TPSA) is 101 Å². The number of fused-ring (bicyclic) bond motifs is 1. The third kappa shape index (κ3) is 3.44. The van der Waals surface area contributed by atoms with Gasteiger partial charge in [-0.3, -0.25) is 19.0 Å². The highest BCUT2D eigenvalue weighted by Crippen LogP contribution is 2.04. The van der Waals surface area contributed by atoms with E-state index in [1.165, 1.54) is 17.8 Å². The number of aromatic nitrogens is 2. The van der Waals surface area contributed by atoms with Crippen LogP contribution < -0.4 is 10.9 Å². The lowest BCUT2D eigenvalue weighted by Crippen LogP contribution is -2.39. The SMILES string of the molecule is CC(NC(=O)CCn1cnc2ccccc2c1=O)C(=O)O. The lowest BCUT2D eigenvalue weighted by Gasteiger charge is -2.10. The number of para-hydroxylation sites is 1. The molecule has 0 saturated heterocycles. The number of aryl methyl sites for hydroxylation is 1. The molecule has 1 aromatic heterocycles. The highest BCUT2D eigenvalue weighted by Gasteiger charge is 2.14. The predicted octanol–water partition coefficient (Wildman–Crippen LogP) is 0.376. The van der Waals surface area contributed by atoms with Crippen LogP contribution >= 0.6 is 0 Å². The monoisotopic (exact) mass is 289 g/mol. The fourth-order valence-corrected chi connectivity index (χ4v) is 1.86. The van der Waals surface area contributed by atoms with Gasteiger partial charge in [0.15, 0.2) is 0 Å². The quantitative estimate of drug-likeness (QED) is 0.828. The maximum atomic E-state index is 12.2. The van der Waals surface area contributed by atoms with Gasteiger partial charge in [0.1, 0.15) is 6.04 Å². The van der Waals surface area contributed by atoms with Gasteiger partial charge in [-0.2, -0.15) is 0 Å². The number of nitrogens with one attached hydrogen (secondary N) is 1. The largest absolute Gasteiger partial charge is 0.480 e. The van der Waals surface area contributed by atoms with Gasteiger partial charge < -0.3 is 10.4 Å². The molecular formula is C14H15N3O4. The first-order valence-corrected chi connectivity index (χ1v) is 6.45. The number of carboxylic acid groups (broad SMARTS) is 1. The molecule has 7 heteroatoms. The number of hydrogen-bond acceptors (Lipinski definition) is 4. The van der Waals surface area contributed by atoms with Gasteiger partial charge in [0.25, 0.3) is 5.56 Å². The Labute approximate surface area is 120 Å². The second kappa shape index (κ2) is 6.17.